The fourth-order valence-electron chi connectivity index (χ4n) is 2.93. The van der Waals surface area contributed by atoms with Gasteiger partial charge in [-0.25, -0.2) is 4.39 Å². The van der Waals surface area contributed by atoms with E-state index in [1.165, 1.54) is 12.1 Å². The van der Waals surface area contributed by atoms with Crippen LogP contribution in [0.1, 0.15) is 16.1 Å². The molecule has 4 aromatic rings. The van der Waals surface area contributed by atoms with E-state index >= 15 is 0 Å². The van der Waals surface area contributed by atoms with Gasteiger partial charge in [-0.15, -0.1) is 0 Å². The summed E-state index contributed by atoms with van der Waals surface area (Å²) < 4.78 is 20.7. The second-order valence-corrected chi connectivity index (χ2v) is 6.84. The summed E-state index contributed by atoms with van der Waals surface area (Å²) >= 11 is 12.0. The molecule has 4 nitrogen and oxygen atoms in total. The molecule has 0 atom stereocenters. The summed E-state index contributed by atoms with van der Waals surface area (Å²) in [5.74, 6) is -0.691. The first kappa shape index (κ1) is 17.6. The summed E-state index contributed by atoms with van der Waals surface area (Å²) in [6.45, 7) is 0.317. The first-order valence-corrected chi connectivity index (χ1v) is 8.84. The highest BCUT2D eigenvalue weighted by atomic mass is 35.5. The number of carbonyl (C=O) groups is 1. The highest BCUT2D eigenvalue weighted by Gasteiger charge is 2.19. The van der Waals surface area contributed by atoms with Crippen LogP contribution in [-0.4, -0.2) is 10.5 Å². The number of anilines is 1. The van der Waals surface area contributed by atoms with E-state index in [2.05, 4.69) is 5.32 Å². The number of aromatic nitrogens is 1. The Bertz CT molecular complexity index is 1150. The average molecular weight is 403 g/mol. The Morgan fingerprint density at radius 3 is 2.74 bits per heavy atom. The second kappa shape index (κ2) is 7.10. The summed E-state index contributed by atoms with van der Waals surface area (Å²) in [6.07, 6.45) is 1.55. The molecule has 0 unspecified atom stereocenters. The molecule has 4 rings (SSSR count). The number of fused-ring (bicyclic) bond motifs is 1. The molecule has 0 fully saturated rings. The van der Waals surface area contributed by atoms with Crippen LogP contribution >= 0.6 is 23.2 Å². The lowest BCUT2D eigenvalue weighted by molar-refractivity contribution is 0.101. The summed E-state index contributed by atoms with van der Waals surface area (Å²) in [5, 5.41) is 3.59. The molecule has 1 N–H and O–H groups in total. The Labute approximate surface area is 164 Å². The van der Waals surface area contributed by atoms with E-state index in [1.807, 2.05) is 0 Å². The number of rotatable bonds is 4. The lowest BCUT2D eigenvalue weighted by Gasteiger charge is -2.12. The van der Waals surface area contributed by atoms with Crippen molar-refractivity contribution >= 4 is 45.9 Å². The fraction of sp³-hybridized carbons (Fsp3) is 0.0500. The van der Waals surface area contributed by atoms with Crippen molar-refractivity contribution in [2.45, 2.75) is 6.54 Å². The summed E-state index contributed by atoms with van der Waals surface area (Å²) in [5.41, 5.74) is 2.86. The minimum Gasteiger partial charge on any atom is -0.463 e. The molecule has 136 valence electrons. The van der Waals surface area contributed by atoms with Crippen molar-refractivity contribution < 1.29 is 13.6 Å². The summed E-state index contributed by atoms with van der Waals surface area (Å²) in [4.78, 5) is 12.9. The topological polar surface area (TPSA) is 47.2 Å². The lowest BCUT2D eigenvalue weighted by atomic mass is 10.2. The van der Waals surface area contributed by atoms with Crippen molar-refractivity contribution in [3.8, 4) is 0 Å². The van der Waals surface area contributed by atoms with Crippen LogP contribution in [0.5, 0.6) is 0 Å². The Balaban J connectivity index is 1.70. The number of benzene rings is 2. The van der Waals surface area contributed by atoms with Crippen LogP contribution in [0.4, 0.5) is 10.1 Å². The molecule has 0 aliphatic carbocycles. The minimum atomic E-state index is -0.359. The standard InChI is InChI=1S/C20H13Cl2FN2O2/c21-13-4-5-16(15(22)9-13)24-20(26)18-10-19-17(6-7-27-19)25(18)11-12-2-1-3-14(23)8-12/h1-10H,11H2,(H,24,26). The van der Waals surface area contributed by atoms with E-state index in [1.54, 1.807) is 53.3 Å². The van der Waals surface area contributed by atoms with Gasteiger partial charge in [0.15, 0.2) is 5.58 Å². The number of halogens is 3. The molecule has 0 radical (unpaired) electrons. The van der Waals surface area contributed by atoms with E-state index in [9.17, 15) is 9.18 Å². The van der Waals surface area contributed by atoms with Crippen molar-refractivity contribution in [3.05, 3.63) is 88.0 Å². The highest BCUT2D eigenvalue weighted by Crippen LogP contribution is 2.27. The van der Waals surface area contributed by atoms with Crippen molar-refractivity contribution in [2.75, 3.05) is 5.32 Å². The fourth-order valence-corrected chi connectivity index (χ4v) is 3.39. The molecule has 1 amide bonds. The van der Waals surface area contributed by atoms with Crippen LogP contribution in [0.15, 0.2) is 65.3 Å². The van der Waals surface area contributed by atoms with Gasteiger partial charge < -0.3 is 14.3 Å². The number of nitrogens with one attached hydrogen (secondary N) is 1. The maximum Gasteiger partial charge on any atom is 0.272 e. The van der Waals surface area contributed by atoms with Gasteiger partial charge in [-0.2, -0.15) is 0 Å². The zero-order valence-electron chi connectivity index (χ0n) is 13.9. The van der Waals surface area contributed by atoms with Crippen LogP contribution in [-0.2, 0) is 6.54 Å². The van der Waals surface area contributed by atoms with Crippen molar-refractivity contribution in [2.24, 2.45) is 0 Å². The summed E-state index contributed by atoms with van der Waals surface area (Å²) in [6, 6.07) is 14.5. The first-order chi connectivity index (χ1) is 13.0. The van der Waals surface area contributed by atoms with Crippen molar-refractivity contribution in [3.63, 3.8) is 0 Å². The van der Waals surface area contributed by atoms with E-state index < -0.39 is 0 Å². The van der Waals surface area contributed by atoms with E-state index in [0.29, 0.717) is 33.6 Å². The largest absolute Gasteiger partial charge is 0.463 e. The lowest BCUT2D eigenvalue weighted by Crippen LogP contribution is -2.17. The molecule has 2 heterocycles. The smallest absolute Gasteiger partial charge is 0.272 e. The normalized spacial score (nSPS) is 11.1. The van der Waals surface area contributed by atoms with Gasteiger partial charge in [0.25, 0.3) is 5.91 Å². The molecule has 0 bridgehead atoms. The maximum atomic E-state index is 13.5. The van der Waals surface area contributed by atoms with Gasteiger partial charge in [-0.05, 0) is 35.9 Å². The third-order valence-corrected chi connectivity index (χ3v) is 4.71. The Kier molecular flexibility index (Phi) is 4.64. The average Bonchev–Trinajstić information content (AvgIpc) is 3.20. The highest BCUT2D eigenvalue weighted by molar-refractivity contribution is 6.36. The van der Waals surface area contributed by atoms with Gasteiger partial charge in [0, 0.05) is 23.7 Å². The number of hydrogen-bond donors (Lipinski definition) is 1. The van der Waals surface area contributed by atoms with Gasteiger partial charge in [-0.3, -0.25) is 4.79 Å². The van der Waals surface area contributed by atoms with E-state index in [4.69, 9.17) is 27.6 Å². The Morgan fingerprint density at radius 1 is 1.11 bits per heavy atom. The molecule has 2 aromatic carbocycles. The molecule has 7 heteroatoms. The Hall–Kier alpha value is -2.76. The number of carbonyl (C=O) groups excluding carboxylic acids is 1. The molecule has 0 aliphatic heterocycles. The molecule has 0 spiro atoms. The third kappa shape index (κ3) is 3.56. The molecular weight excluding hydrogens is 390 g/mol. The van der Waals surface area contributed by atoms with Crippen molar-refractivity contribution in [1.29, 1.82) is 0 Å². The van der Waals surface area contributed by atoms with Gasteiger partial charge >= 0.3 is 0 Å². The molecule has 0 saturated heterocycles. The minimum absolute atomic E-state index is 0.317. The monoisotopic (exact) mass is 402 g/mol. The third-order valence-electron chi connectivity index (χ3n) is 4.16. The van der Waals surface area contributed by atoms with Crippen LogP contribution in [0.3, 0.4) is 0 Å². The first-order valence-electron chi connectivity index (χ1n) is 8.09. The molecule has 2 aromatic heterocycles. The van der Waals surface area contributed by atoms with Gasteiger partial charge in [0.05, 0.1) is 22.5 Å². The molecule has 0 aliphatic rings. The zero-order valence-corrected chi connectivity index (χ0v) is 15.4. The van der Waals surface area contributed by atoms with Crippen molar-refractivity contribution in [1.82, 2.24) is 4.57 Å². The summed E-state index contributed by atoms with van der Waals surface area (Å²) in [7, 11) is 0. The number of hydrogen-bond acceptors (Lipinski definition) is 2. The van der Waals surface area contributed by atoms with Gasteiger partial charge in [-0.1, -0.05) is 35.3 Å². The van der Waals surface area contributed by atoms with Gasteiger partial charge in [0.1, 0.15) is 11.5 Å². The van der Waals surface area contributed by atoms with E-state index in [-0.39, 0.29) is 11.7 Å². The van der Waals surface area contributed by atoms with Gasteiger partial charge in [0.2, 0.25) is 0 Å². The molecular formula is C20H13Cl2FN2O2. The number of amides is 1. The quantitative estimate of drug-likeness (QED) is 0.456. The maximum absolute atomic E-state index is 13.5. The second-order valence-electron chi connectivity index (χ2n) is 5.99. The SMILES string of the molecule is O=C(Nc1ccc(Cl)cc1Cl)c1cc2occc2n1Cc1cccc(F)c1. The number of furan rings is 1. The van der Waals surface area contributed by atoms with E-state index in [0.717, 1.165) is 11.1 Å². The van der Waals surface area contributed by atoms with Crippen LogP contribution in [0, 0.1) is 5.82 Å². The molecule has 0 saturated carbocycles. The number of nitrogens with zero attached hydrogens (tertiary/aromatic N) is 1. The predicted molar refractivity (Wildman–Crippen MR) is 104 cm³/mol. The van der Waals surface area contributed by atoms with Crippen LogP contribution < -0.4 is 5.32 Å². The zero-order chi connectivity index (χ0) is 19.0. The predicted octanol–water partition coefficient (Wildman–Crippen LogP) is 5.98. The Morgan fingerprint density at radius 2 is 1.96 bits per heavy atom. The van der Waals surface area contributed by atoms with Crippen LogP contribution in [0.2, 0.25) is 10.0 Å². The molecule has 27 heavy (non-hydrogen) atoms. The van der Waals surface area contributed by atoms with Crippen LogP contribution in [0.25, 0.3) is 11.1 Å².